The van der Waals surface area contributed by atoms with Crippen LogP contribution >= 0.6 is 0 Å². The second-order valence-electron chi connectivity index (χ2n) is 4.20. The highest BCUT2D eigenvalue weighted by Gasteiger charge is 2.11. The lowest BCUT2D eigenvalue weighted by Gasteiger charge is -2.10. The van der Waals surface area contributed by atoms with Gasteiger partial charge in [-0.15, -0.1) is 0 Å². The lowest BCUT2D eigenvalue weighted by Crippen LogP contribution is -1.96. The fourth-order valence-corrected chi connectivity index (χ4v) is 1.89. The largest absolute Gasteiger partial charge is 0.253 e. The Bertz CT molecular complexity index is 503. The Labute approximate surface area is 89.0 Å². The zero-order valence-corrected chi connectivity index (χ0v) is 9.21. The molecule has 2 rings (SSSR count). The first kappa shape index (κ1) is 10.1. The number of halogens is 1. The minimum atomic E-state index is -0.207. The molecule has 0 fully saturated rings. The molecule has 0 N–H and O–H groups in total. The van der Waals surface area contributed by atoms with E-state index < -0.39 is 0 Å². The van der Waals surface area contributed by atoms with Gasteiger partial charge in [0.05, 0.1) is 11.7 Å². The predicted octanol–water partition coefficient (Wildman–Crippen LogP) is 3.81. The maximum absolute atomic E-state index is 13.6. The quantitative estimate of drug-likeness (QED) is 0.686. The van der Waals surface area contributed by atoms with Gasteiger partial charge in [-0.05, 0) is 24.5 Å². The summed E-state index contributed by atoms with van der Waals surface area (Å²) in [5.41, 5.74) is 2.79. The van der Waals surface area contributed by atoms with Gasteiger partial charge in [-0.3, -0.25) is 4.98 Å². The molecule has 15 heavy (non-hydrogen) atoms. The van der Waals surface area contributed by atoms with Crippen molar-refractivity contribution < 1.29 is 4.39 Å². The summed E-state index contributed by atoms with van der Waals surface area (Å²) < 4.78 is 13.6. The van der Waals surface area contributed by atoms with Crippen molar-refractivity contribution >= 4 is 10.9 Å². The Morgan fingerprint density at radius 2 is 2.00 bits per heavy atom. The van der Waals surface area contributed by atoms with Crippen LogP contribution in [0.2, 0.25) is 0 Å². The summed E-state index contributed by atoms with van der Waals surface area (Å²) >= 11 is 0. The normalized spacial score (nSPS) is 11.3. The van der Waals surface area contributed by atoms with Crippen LogP contribution in [-0.2, 0) is 0 Å². The highest BCUT2D eigenvalue weighted by Crippen LogP contribution is 2.26. The smallest absolute Gasteiger partial charge is 0.145 e. The van der Waals surface area contributed by atoms with Crippen molar-refractivity contribution in [1.29, 1.82) is 0 Å². The molecule has 0 aliphatic carbocycles. The van der Waals surface area contributed by atoms with Gasteiger partial charge in [-0.1, -0.05) is 26.0 Å². The van der Waals surface area contributed by atoms with Crippen LogP contribution in [0.4, 0.5) is 4.39 Å². The van der Waals surface area contributed by atoms with Crippen molar-refractivity contribution in [3.05, 3.63) is 41.3 Å². The molecule has 0 aliphatic heterocycles. The fourth-order valence-electron chi connectivity index (χ4n) is 1.89. The van der Waals surface area contributed by atoms with Gasteiger partial charge in [0.25, 0.3) is 0 Å². The van der Waals surface area contributed by atoms with Crippen molar-refractivity contribution in [1.82, 2.24) is 4.98 Å². The van der Waals surface area contributed by atoms with E-state index in [4.69, 9.17) is 0 Å². The molecule has 0 saturated carbocycles. The van der Waals surface area contributed by atoms with Crippen molar-refractivity contribution in [2.24, 2.45) is 0 Å². The molecule has 1 nitrogen and oxygen atoms in total. The molecule has 0 bridgehead atoms. The molecule has 1 aromatic heterocycles. The van der Waals surface area contributed by atoms with Crippen LogP contribution in [0, 0.1) is 12.7 Å². The first-order valence-electron chi connectivity index (χ1n) is 5.14. The molecule has 1 aromatic carbocycles. The van der Waals surface area contributed by atoms with Crippen LogP contribution in [0.15, 0.2) is 24.4 Å². The average Bonchev–Trinajstić information content (AvgIpc) is 2.17. The highest BCUT2D eigenvalue weighted by molar-refractivity contribution is 5.83. The zero-order valence-electron chi connectivity index (χ0n) is 9.21. The predicted molar refractivity (Wildman–Crippen MR) is 60.5 cm³/mol. The minimum absolute atomic E-state index is 0.179. The summed E-state index contributed by atoms with van der Waals surface area (Å²) in [6, 6.07) is 5.94. The Kier molecular flexibility index (Phi) is 2.43. The van der Waals surface area contributed by atoms with Crippen LogP contribution in [0.25, 0.3) is 10.9 Å². The van der Waals surface area contributed by atoms with Gasteiger partial charge in [0.2, 0.25) is 0 Å². The summed E-state index contributed by atoms with van der Waals surface area (Å²) in [5.74, 6) is -0.0282. The zero-order chi connectivity index (χ0) is 11.0. The number of benzene rings is 1. The number of hydrogen-bond acceptors (Lipinski definition) is 1. The summed E-state index contributed by atoms with van der Waals surface area (Å²) in [4.78, 5) is 4.11. The molecule has 1 heterocycles. The van der Waals surface area contributed by atoms with E-state index in [2.05, 4.69) is 4.98 Å². The van der Waals surface area contributed by atoms with Crippen LogP contribution in [-0.4, -0.2) is 4.98 Å². The fraction of sp³-hybridized carbons (Fsp3) is 0.308. The monoisotopic (exact) mass is 203 g/mol. The van der Waals surface area contributed by atoms with Gasteiger partial charge >= 0.3 is 0 Å². The first-order valence-corrected chi connectivity index (χ1v) is 5.14. The molecule has 0 saturated heterocycles. The van der Waals surface area contributed by atoms with E-state index in [1.54, 1.807) is 0 Å². The molecule has 0 aliphatic rings. The third-order valence-electron chi connectivity index (χ3n) is 2.60. The SMILES string of the molecule is Cc1ccc2c(C(C)C)c(F)cnc2c1. The maximum atomic E-state index is 13.6. The van der Waals surface area contributed by atoms with Crippen LogP contribution in [0.5, 0.6) is 0 Å². The van der Waals surface area contributed by atoms with Gasteiger partial charge in [0.1, 0.15) is 5.82 Å². The number of aromatic nitrogens is 1. The summed E-state index contributed by atoms with van der Waals surface area (Å²) in [5, 5.41) is 0.926. The second-order valence-corrected chi connectivity index (χ2v) is 4.20. The standard InChI is InChI=1S/C13H14FN/c1-8(2)13-10-5-4-9(3)6-12(10)15-7-11(13)14/h4-8H,1-3H3. The van der Waals surface area contributed by atoms with Crippen molar-refractivity contribution in [3.8, 4) is 0 Å². The molecule has 0 spiro atoms. The van der Waals surface area contributed by atoms with Gasteiger partial charge in [0.15, 0.2) is 0 Å². The van der Waals surface area contributed by atoms with E-state index in [1.807, 2.05) is 39.0 Å². The summed E-state index contributed by atoms with van der Waals surface area (Å²) in [6.45, 7) is 6.01. The maximum Gasteiger partial charge on any atom is 0.145 e. The van der Waals surface area contributed by atoms with Crippen LogP contribution < -0.4 is 0 Å². The van der Waals surface area contributed by atoms with E-state index in [9.17, 15) is 4.39 Å². The molecular formula is C13H14FN. The minimum Gasteiger partial charge on any atom is -0.253 e. The Balaban J connectivity index is 2.82. The van der Waals surface area contributed by atoms with Crippen molar-refractivity contribution in [2.45, 2.75) is 26.7 Å². The van der Waals surface area contributed by atoms with E-state index in [1.165, 1.54) is 6.20 Å². The molecular weight excluding hydrogens is 189 g/mol. The first-order chi connectivity index (χ1) is 7.09. The third kappa shape index (κ3) is 1.72. The van der Waals surface area contributed by atoms with Gasteiger partial charge in [-0.2, -0.15) is 0 Å². The molecule has 78 valence electrons. The number of nitrogens with zero attached hydrogens (tertiary/aromatic N) is 1. The highest BCUT2D eigenvalue weighted by atomic mass is 19.1. The number of pyridine rings is 1. The Morgan fingerprint density at radius 1 is 1.27 bits per heavy atom. The lowest BCUT2D eigenvalue weighted by atomic mass is 9.98. The van der Waals surface area contributed by atoms with Crippen molar-refractivity contribution in [2.75, 3.05) is 0 Å². The summed E-state index contributed by atoms with van der Waals surface area (Å²) in [6.07, 6.45) is 1.32. The van der Waals surface area contributed by atoms with Crippen LogP contribution in [0.3, 0.4) is 0 Å². The van der Waals surface area contributed by atoms with Gasteiger partial charge < -0.3 is 0 Å². The molecule has 2 aromatic rings. The Hall–Kier alpha value is -1.44. The van der Waals surface area contributed by atoms with E-state index in [-0.39, 0.29) is 11.7 Å². The number of hydrogen-bond donors (Lipinski definition) is 0. The van der Waals surface area contributed by atoms with Crippen molar-refractivity contribution in [3.63, 3.8) is 0 Å². The number of fused-ring (bicyclic) bond motifs is 1. The average molecular weight is 203 g/mol. The molecule has 2 heteroatoms. The second kappa shape index (κ2) is 3.61. The molecule has 0 amide bonds. The Morgan fingerprint density at radius 3 is 2.67 bits per heavy atom. The van der Waals surface area contributed by atoms with Gasteiger partial charge in [0, 0.05) is 10.9 Å². The van der Waals surface area contributed by atoms with Gasteiger partial charge in [-0.25, -0.2) is 4.39 Å². The van der Waals surface area contributed by atoms with Crippen LogP contribution in [0.1, 0.15) is 30.9 Å². The van der Waals surface area contributed by atoms with E-state index >= 15 is 0 Å². The van der Waals surface area contributed by atoms with E-state index in [0.29, 0.717) is 0 Å². The lowest BCUT2D eigenvalue weighted by molar-refractivity contribution is 0.597. The third-order valence-corrected chi connectivity index (χ3v) is 2.60. The molecule has 0 unspecified atom stereocenters. The summed E-state index contributed by atoms with van der Waals surface area (Å²) in [7, 11) is 0. The topological polar surface area (TPSA) is 12.9 Å². The molecule has 0 radical (unpaired) electrons. The van der Waals surface area contributed by atoms with E-state index in [0.717, 1.165) is 22.0 Å². The number of aryl methyl sites for hydroxylation is 1. The number of rotatable bonds is 1. The molecule has 0 atom stereocenters.